The van der Waals surface area contributed by atoms with Crippen LogP contribution in [0.25, 0.3) is 11.3 Å². The van der Waals surface area contributed by atoms with Gasteiger partial charge in [-0.1, -0.05) is 52.2 Å². The summed E-state index contributed by atoms with van der Waals surface area (Å²) in [6, 6.07) is 7.87. The zero-order valence-corrected chi connectivity index (χ0v) is 18.6. The molecule has 0 spiro atoms. The van der Waals surface area contributed by atoms with Crippen molar-refractivity contribution in [2.24, 2.45) is 11.3 Å². The Morgan fingerprint density at radius 1 is 1.10 bits per heavy atom. The van der Waals surface area contributed by atoms with Gasteiger partial charge in [0.1, 0.15) is 5.82 Å². The SMILES string of the molecule is CC(C)(C)C(c1nc(-c2ccc(C(=O)N3CCOCC3)cc2)c[nH]1)C1CCCCC1. The van der Waals surface area contributed by atoms with Crippen LogP contribution < -0.4 is 0 Å². The van der Waals surface area contributed by atoms with Gasteiger partial charge in [-0.3, -0.25) is 4.79 Å². The van der Waals surface area contributed by atoms with Crippen molar-refractivity contribution in [2.45, 2.75) is 58.8 Å². The summed E-state index contributed by atoms with van der Waals surface area (Å²) in [5, 5.41) is 0. The van der Waals surface area contributed by atoms with Gasteiger partial charge < -0.3 is 14.6 Å². The molecule has 0 radical (unpaired) electrons. The normalized spacial score (nSPS) is 19.6. The topological polar surface area (TPSA) is 58.2 Å². The lowest BCUT2D eigenvalue weighted by atomic mass is 9.68. The summed E-state index contributed by atoms with van der Waals surface area (Å²) in [6.07, 6.45) is 8.67. The number of hydrogen-bond donors (Lipinski definition) is 1. The van der Waals surface area contributed by atoms with Gasteiger partial charge in [0.2, 0.25) is 0 Å². The third-order valence-corrected chi connectivity index (χ3v) is 6.67. The Morgan fingerprint density at radius 2 is 1.77 bits per heavy atom. The summed E-state index contributed by atoms with van der Waals surface area (Å²) in [5.74, 6) is 2.33. The number of nitrogens with one attached hydrogen (secondary N) is 1. The van der Waals surface area contributed by atoms with E-state index in [9.17, 15) is 4.79 Å². The van der Waals surface area contributed by atoms with Gasteiger partial charge in [0.05, 0.1) is 18.9 Å². The van der Waals surface area contributed by atoms with Gasteiger partial charge in [0.25, 0.3) is 5.91 Å². The molecule has 2 fully saturated rings. The molecule has 1 N–H and O–H groups in total. The van der Waals surface area contributed by atoms with Crippen molar-refractivity contribution in [3.63, 3.8) is 0 Å². The van der Waals surface area contributed by atoms with E-state index in [2.05, 4.69) is 25.8 Å². The number of morpholine rings is 1. The molecular formula is C25H35N3O2. The fraction of sp³-hybridized carbons (Fsp3) is 0.600. The molecule has 1 amide bonds. The average Bonchev–Trinajstić information content (AvgIpc) is 3.23. The molecule has 1 aliphatic carbocycles. The van der Waals surface area contributed by atoms with Crippen LogP contribution in [0.4, 0.5) is 0 Å². The average molecular weight is 410 g/mol. The quantitative estimate of drug-likeness (QED) is 0.749. The predicted molar refractivity (Wildman–Crippen MR) is 120 cm³/mol. The Balaban J connectivity index is 1.52. The van der Waals surface area contributed by atoms with Crippen molar-refractivity contribution in [1.82, 2.24) is 14.9 Å². The van der Waals surface area contributed by atoms with Crippen LogP contribution in [0, 0.1) is 11.3 Å². The third kappa shape index (κ3) is 4.61. The first-order chi connectivity index (χ1) is 14.4. The van der Waals surface area contributed by atoms with Gasteiger partial charge in [-0.05, 0) is 36.3 Å². The number of nitrogens with zero attached hydrogens (tertiary/aromatic N) is 2. The van der Waals surface area contributed by atoms with Crippen LogP contribution in [0.1, 0.15) is 75.0 Å². The number of ether oxygens (including phenoxy) is 1. The Hall–Kier alpha value is -2.14. The summed E-state index contributed by atoms with van der Waals surface area (Å²) in [4.78, 5) is 23.1. The van der Waals surface area contributed by atoms with Crippen molar-refractivity contribution in [3.8, 4) is 11.3 Å². The summed E-state index contributed by atoms with van der Waals surface area (Å²) in [6.45, 7) is 9.57. The van der Waals surface area contributed by atoms with Crippen LogP contribution in [0.5, 0.6) is 0 Å². The first-order valence-electron chi connectivity index (χ1n) is 11.5. The van der Waals surface area contributed by atoms with Gasteiger partial charge >= 0.3 is 0 Å². The summed E-state index contributed by atoms with van der Waals surface area (Å²) < 4.78 is 5.35. The fourth-order valence-electron chi connectivity index (χ4n) is 5.18. The highest BCUT2D eigenvalue weighted by atomic mass is 16.5. The minimum atomic E-state index is 0.0812. The molecule has 162 valence electrons. The van der Waals surface area contributed by atoms with E-state index in [1.54, 1.807) is 0 Å². The molecule has 5 nitrogen and oxygen atoms in total. The smallest absolute Gasteiger partial charge is 0.254 e. The number of carbonyl (C=O) groups excluding carboxylic acids is 1. The molecule has 30 heavy (non-hydrogen) atoms. The molecule has 1 atom stereocenters. The van der Waals surface area contributed by atoms with Crippen LogP contribution in [0.3, 0.4) is 0 Å². The molecule has 2 heterocycles. The number of aromatic nitrogens is 2. The van der Waals surface area contributed by atoms with Crippen LogP contribution in [0.15, 0.2) is 30.5 Å². The molecule has 1 aromatic carbocycles. The first-order valence-corrected chi connectivity index (χ1v) is 11.5. The maximum atomic E-state index is 12.7. The minimum Gasteiger partial charge on any atom is -0.378 e. The Bertz CT molecular complexity index is 838. The van der Waals surface area contributed by atoms with E-state index in [1.165, 1.54) is 32.1 Å². The Morgan fingerprint density at radius 3 is 2.40 bits per heavy atom. The van der Waals surface area contributed by atoms with E-state index < -0.39 is 0 Å². The van der Waals surface area contributed by atoms with Crippen LogP contribution in [-0.4, -0.2) is 47.1 Å². The molecule has 1 aliphatic heterocycles. The summed E-state index contributed by atoms with van der Waals surface area (Å²) in [5.41, 5.74) is 2.91. The lowest BCUT2D eigenvalue weighted by molar-refractivity contribution is 0.0303. The van der Waals surface area contributed by atoms with Crippen molar-refractivity contribution in [2.75, 3.05) is 26.3 Å². The largest absolute Gasteiger partial charge is 0.378 e. The summed E-state index contributed by atoms with van der Waals surface area (Å²) >= 11 is 0. The van der Waals surface area contributed by atoms with Crippen molar-refractivity contribution < 1.29 is 9.53 Å². The lowest BCUT2D eigenvalue weighted by Crippen LogP contribution is -2.40. The minimum absolute atomic E-state index is 0.0812. The predicted octanol–water partition coefficient (Wildman–Crippen LogP) is 5.26. The van der Waals surface area contributed by atoms with Gasteiger partial charge in [-0.25, -0.2) is 4.98 Å². The summed E-state index contributed by atoms with van der Waals surface area (Å²) in [7, 11) is 0. The highest BCUT2D eigenvalue weighted by Crippen LogP contribution is 2.45. The molecular weight excluding hydrogens is 374 g/mol. The third-order valence-electron chi connectivity index (χ3n) is 6.67. The Kier molecular flexibility index (Phi) is 6.28. The van der Waals surface area contributed by atoms with Gasteiger partial charge in [-0.15, -0.1) is 0 Å². The Labute approximate surface area is 180 Å². The number of rotatable bonds is 4. The lowest BCUT2D eigenvalue weighted by Gasteiger charge is -2.37. The van der Waals surface area contributed by atoms with Crippen molar-refractivity contribution >= 4 is 5.91 Å². The number of amides is 1. The molecule has 1 aromatic heterocycles. The zero-order chi connectivity index (χ0) is 21.1. The highest BCUT2D eigenvalue weighted by Gasteiger charge is 2.36. The van der Waals surface area contributed by atoms with E-state index in [1.807, 2.05) is 35.4 Å². The van der Waals surface area contributed by atoms with E-state index in [0.29, 0.717) is 38.1 Å². The van der Waals surface area contributed by atoms with E-state index in [0.717, 1.165) is 22.6 Å². The van der Waals surface area contributed by atoms with Crippen LogP contribution in [0.2, 0.25) is 0 Å². The number of benzene rings is 1. The number of aromatic amines is 1. The zero-order valence-electron chi connectivity index (χ0n) is 18.6. The van der Waals surface area contributed by atoms with E-state index >= 15 is 0 Å². The van der Waals surface area contributed by atoms with Crippen LogP contribution >= 0.6 is 0 Å². The van der Waals surface area contributed by atoms with Gasteiger partial charge in [-0.2, -0.15) is 0 Å². The molecule has 1 saturated carbocycles. The van der Waals surface area contributed by atoms with Crippen molar-refractivity contribution in [1.29, 1.82) is 0 Å². The van der Waals surface area contributed by atoms with E-state index in [-0.39, 0.29) is 11.3 Å². The van der Waals surface area contributed by atoms with Crippen molar-refractivity contribution in [3.05, 3.63) is 41.9 Å². The van der Waals surface area contributed by atoms with E-state index in [4.69, 9.17) is 9.72 Å². The standard InChI is InChI=1S/C25H35N3O2/c1-25(2,3)22(19-7-5-4-6-8-19)23-26-17-21(27-23)18-9-11-20(12-10-18)24(29)28-13-15-30-16-14-28/h9-12,17,19,22H,4-8,13-16H2,1-3H3,(H,26,27). The van der Waals surface area contributed by atoms with Gasteiger partial charge in [0, 0.05) is 36.3 Å². The molecule has 5 heteroatoms. The maximum absolute atomic E-state index is 12.7. The maximum Gasteiger partial charge on any atom is 0.254 e. The molecule has 2 aliphatic rings. The number of hydrogen-bond acceptors (Lipinski definition) is 3. The molecule has 0 bridgehead atoms. The second-order valence-electron chi connectivity index (χ2n) is 9.89. The number of H-pyrrole nitrogens is 1. The molecule has 1 unspecified atom stereocenters. The highest BCUT2D eigenvalue weighted by molar-refractivity contribution is 5.94. The monoisotopic (exact) mass is 409 g/mol. The molecule has 2 aromatic rings. The van der Waals surface area contributed by atoms with Crippen LogP contribution in [-0.2, 0) is 4.74 Å². The number of imidazole rings is 1. The first kappa shape index (κ1) is 21.1. The number of carbonyl (C=O) groups is 1. The van der Waals surface area contributed by atoms with Gasteiger partial charge in [0.15, 0.2) is 0 Å². The molecule has 1 saturated heterocycles. The fourth-order valence-corrected chi connectivity index (χ4v) is 5.18. The second kappa shape index (κ2) is 8.93. The molecule has 4 rings (SSSR count). The second-order valence-corrected chi connectivity index (χ2v) is 9.89.